The molecule has 0 heterocycles. The number of azo groups is 2. The van der Waals surface area contributed by atoms with Crippen LogP contribution in [0.4, 0.5) is 28.4 Å². The van der Waals surface area contributed by atoms with Gasteiger partial charge >= 0.3 is 0 Å². The van der Waals surface area contributed by atoms with E-state index in [0.717, 1.165) is 42.3 Å². The molecule has 39 heavy (non-hydrogen) atoms. The molecule has 0 aliphatic rings. The van der Waals surface area contributed by atoms with E-state index >= 15 is 0 Å². The van der Waals surface area contributed by atoms with Crippen molar-refractivity contribution in [3.8, 4) is 0 Å². The molecule has 0 N–H and O–H groups in total. The van der Waals surface area contributed by atoms with Gasteiger partial charge in [0, 0.05) is 18.8 Å². The molecule has 3 rings (SSSR count). The molecule has 0 unspecified atom stereocenters. The number of hydrogen-bond donors (Lipinski definition) is 0. The molecule has 0 amide bonds. The number of unbranched alkanes of at least 4 members (excludes halogenated alkanes) is 9. The molecule has 3 aromatic rings. The fourth-order valence-corrected chi connectivity index (χ4v) is 4.68. The quantitative estimate of drug-likeness (QED) is 0.120. The molecule has 0 bridgehead atoms. The lowest BCUT2D eigenvalue weighted by molar-refractivity contribution is 0.556. The fraction of sp³-hybridized carbons (Fsp3) is 0.471. The van der Waals surface area contributed by atoms with E-state index in [1.54, 1.807) is 0 Å². The minimum atomic E-state index is 0.790. The first kappa shape index (κ1) is 30.2. The SMILES string of the molecule is CCCCCCCCCCCCc1ccc(N=Nc2ccc(N=Nc3ccc(N(CC)CC)cc3)cc2)cc1. The van der Waals surface area contributed by atoms with Crippen molar-refractivity contribution in [1.29, 1.82) is 0 Å². The van der Waals surface area contributed by atoms with E-state index in [-0.39, 0.29) is 0 Å². The zero-order valence-corrected chi connectivity index (χ0v) is 24.4. The largest absolute Gasteiger partial charge is 0.372 e. The molecule has 0 saturated heterocycles. The second-order valence-electron chi connectivity index (χ2n) is 10.2. The van der Waals surface area contributed by atoms with Gasteiger partial charge in [-0.25, -0.2) is 0 Å². The Bertz CT molecular complexity index is 1100. The van der Waals surface area contributed by atoms with Crippen LogP contribution in [0.5, 0.6) is 0 Å². The first-order chi connectivity index (χ1) is 19.2. The van der Waals surface area contributed by atoms with Gasteiger partial charge in [-0.1, -0.05) is 76.8 Å². The van der Waals surface area contributed by atoms with Gasteiger partial charge in [-0.2, -0.15) is 20.5 Å². The molecule has 0 aliphatic heterocycles. The molecule has 5 heteroatoms. The average Bonchev–Trinajstić information content (AvgIpc) is 2.98. The van der Waals surface area contributed by atoms with Crippen LogP contribution in [0.3, 0.4) is 0 Å². The van der Waals surface area contributed by atoms with E-state index in [0.29, 0.717) is 0 Å². The molecular formula is C34H47N5. The summed E-state index contributed by atoms with van der Waals surface area (Å²) in [6, 6.07) is 24.3. The standard InChI is InChI=1S/C34H47N5/c1-4-7-8-9-10-11-12-13-14-15-16-29-17-19-30(20-18-29)35-36-31-21-23-32(24-22-31)37-38-33-25-27-34(28-26-33)39(5-2)6-3/h17-28H,4-16H2,1-3H3. The first-order valence-electron chi connectivity index (χ1n) is 15.1. The van der Waals surface area contributed by atoms with Crippen molar-refractivity contribution in [2.75, 3.05) is 18.0 Å². The third-order valence-corrected chi connectivity index (χ3v) is 7.15. The van der Waals surface area contributed by atoms with E-state index < -0.39 is 0 Å². The van der Waals surface area contributed by atoms with Crippen molar-refractivity contribution < 1.29 is 0 Å². The van der Waals surface area contributed by atoms with E-state index in [2.05, 4.69) is 82.5 Å². The second kappa shape index (κ2) is 18.0. The van der Waals surface area contributed by atoms with Crippen LogP contribution in [-0.2, 0) is 6.42 Å². The highest BCUT2D eigenvalue weighted by molar-refractivity contribution is 5.53. The Labute approximate surface area is 236 Å². The van der Waals surface area contributed by atoms with Crippen molar-refractivity contribution in [3.63, 3.8) is 0 Å². The summed E-state index contributed by atoms with van der Waals surface area (Å²) in [4.78, 5) is 2.31. The van der Waals surface area contributed by atoms with Crippen molar-refractivity contribution in [3.05, 3.63) is 78.4 Å². The highest BCUT2D eigenvalue weighted by Gasteiger charge is 2.01. The normalized spacial score (nSPS) is 11.6. The van der Waals surface area contributed by atoms with Gasteiger partial charge < -0.3 is 4.90 Å². The Morgan fingerprint density at radius 1 is 0.436 bits per heavy atom. The summed E-state index contributed by atoms with van der Waals surface area (Å²) < 4.78 is 0. The van der Waals surface area contributed by atoms with E-state index in [4.69, 9.17) is 0 Å². The topological polar surface area (TPSA) is 52.7 Å². The fourth-order valence-electron chi connectivity index (χ4n) is 4.68. The molecule has 0 spiro atoms. The number of nitrogens with zero attached hydrogens (tertiary/aromatic N) is 5. The van der Waals surface area contributed by atoms with Crippen LogP contribution in [0.15, 0.2) is 93.3 Å². The van der Waals surface area contributed by atoms with Crippen LogP contribution in [0, 0.1) is 0 Å². The lowest BCUT2D eigenvalue weighted by Gasteiger charge is -2.20. The van der Waals surface area contributed by atoms with Gasteiger partial charge in [-0.15, -0.1) is 0 Å². The monoisotopic (exact) mass is 525 g/mol. The highest BCUT2D eigenvalue weighted by atomic mass is 15.1. The van der Waals surface area contributed by atoms with E-state index in [1.807, 2.05) is 36.4 Å². The summed E-state index contributed by atoms with van der Waals surface area (Å²) in [7, 11) is 0. The summed E-state index contributed by atoms with van der Waals surface area (Å²) in [5.74, 6) is 0. The molecule has 0 saturated carbocycles. The van der Waals surface area contributed by atoms with Crippen LogP contribution < -0.4 is 4.90 Å². The van der Waals surface area contributed by atoms with Gasteiger partial charge in [0.25, 0.3) is 0 Å². The minimum absolute atomic E-state index is 0.790. The number of benzene rings is 3. The number of hydrogen-bond acceptors (Lipinski definition) is 5. The van der Waals surface area contributed by atoms with Gasteiger partial charge in [0.05, 0.1) is 22.7 Å². The van der Waals surface area contributed by atoms with Gasteiger partial charge in [0.1, 0.15) is 0 Å². The zero-order chi connectivity index (χ0) is 27.5. The molecule has 0 radical (unpaired) electrons. The van der Waals surface area contributed by atoms with Crippen molar-refractivity contribution in [2.24, 2.45) is 20.5 Å². The maximum Gasteiger partial charge on any atom is 0.0858 e. The van der Waals surface area contributed by atoms with Crippen molar-refractivity contribution in [1.82, 2.24) is 0 Å². The minimum Gasteiger partial charge on any atom is -0.372 e. The molecular weight excluding hydrogens is 478 g/mol. The average molecular weight is 526 g/mol. The van der Waals surface area contributed by atoms with Crippen molar-refractivity contribution in [2.45, 2.75) is 91.4 Å². The summed E-state index contributed by atoms with van der Waals surface area (Å²) in [5.41, 5.74) is 5.89. The summed E-state index contributed by atoms with van der Waals surface area (Å²) in [6.45, 7) is 8.59. The lowest BCUT2D eigenvalue weighted by atomic mass is 10.0. The number of aryl methyl sites for hydroxylation is 1. The molecule has 5 nitrogen and oxygen atoms in total. The lowest BCUT2D eigenvalue weighted by Crippen LogP contribution is -2.21. The van der Waals surface area contributed by atoms with Crippen LogP contribution in [0.1, 0.15) is 90.5 Å². The van der Waals surface area contributed by atoms with Crippen LogP contribution in [0.2, 0.25) is 0 Å². The predicted octanol–water partition coefficient (Wildman–Crippen LogP) is 11.8. The highest BCUT2D eigenvalue weighted by Crippen LogP contribution is 2.25. The Kier molecular flexibility index (Phi) is 14.0. The predicted molar refractivity (Wildman–Crippen MR) is 167 cm³/mol. The molecule has 0 aliphatic carbocycles. The van der Waals surface area contributed by atoms with Crippen LogP contribution >= 0.6 is 0 Å². The van der Waals surface area contributed by atoms with Gasteiger partial charge in [0.15, 0.2) is 0 Å². The summed E-state index contributed by atoms with van der Waals surface area (Å²) in [6.07, 6.45) is 14.9. The molecule has 3 aromatic carbocycles. The summed E-state index contributed by atoms with van der Waals surface area (Å²) in [5, 5.41) is 17.5. The van der Waals surface area contributed by atoms with Crippen LogP contribution in [0.25, 0.3) is 0 Å². The smallest absolute Gasteiger partial charge is 0.0858 e. The van der Waals surface area contributed by atoms with Gasteiger partial charge in [-0.05, 0) is 92.9 Å². The first-order valence-corrected chi connectivity index (χ1v) is 15.1. The van der Waals surface area contributed by atoms with Crippen LogP contribution in [-0.4, -0.2) is 13.1 Å². The molecule has 208 valence electrons. The van der Waals surface area contributed by atoms with E-state index in [9.17, 15) is 0 Å². The molecule has 0 aromatic heterocycles. The van der Waals surface area contributed by atoms with Gasteiger partial charge in [0.2, 0.25) is 0 Å². The second-order valence-corrected chi connectivity index (χ2v) is 10.2. The number of rotatable bonds is 18. The Morgan fingerprint density at radius 3 is 1.21 bits per heavy atom. The maximum atomic E-state index is 4.40. The Hall–Kier alpha value is -3.34. The zero-order valence-electron chi connectivity index (χ0n) is 24.4. The summed E-state index contributed by atoms with van der Waals surface area (Å²) >= 11 is 0. The molecule has 0 atom stereocenters. The third-order valence-electron chi connectivity index (χ3n) is 7.15. The maximum absolute atomic E-state index is 4.40. The molecule has 0 fully saturated rings. The van der Waals surface area contributed by atoms with E-state index in [1.165, 1.54) is 75.5 Å². The number of anilines is 1. The third kappa shape index (κ3) is 11.5. The van der Waals surface area contributed by atoms with Crippen molar-refractivity contribution >= 4 is 28.4 Å². The Balaban J connectivity index is 1.37. The van der Waals surface area contributed by atoms with Gasteiger partial charge in [-0.3, -0.25) is 0 Å². The Morgan fingerprint density at radius 2 is 0.795 bits per heavy atom.